The van der Waals surface area contributed by atoms with Crippen LogP contribution >= 0.6 is 11.8 Å². The molecular formula is C18H15F4N3O3S. The van der Waals surface area contributed by atoms with Crippen molar-refractivity contribution in [2.24, 2.45) is 5.92 Å². The molecule has 4 rings (SSSR count). The highest BCUT2D eigenvalue weighted by atomic mass is 32.2. The standard InChI is InChI=1S/C18H15F4N3O3S/c19-12-5-10(3-4-13(12)28-8-18(20,21)22)25-16(27)11-6-14(26)23-15(11)24-17(25)29-7-9-1-2-9/h3-5,9H,1-2,6-8H2,(H,23,26). The van der Waals surface area contributed by atoms with Gasteiger partial charge in [-0.3, -0.25) is 14.2 Å². The molecule has 1 N–H and O–H groups in total. The number of carbonyl (C=O) groups is 1. The van der Waals surface area contributed by atoms with E-state index in [-0.39, 0.29) is 34.6 Å². The third-order valence-electron chi connectivity index (χ3n) is 4.45. The number of ether oxygens (including phenoxy) is 1. The number of amides is 1. The first-order valence-electron chi connectivity index (χ1n) is 8.79. The molecule has 0 radical (unpaired) electrons. The van der Waals surface area contributed by atoms with Crippen LogP contribution in [0.15, 0.2) is 28.2 Å². The van der Waals surface area contributed by atoms with Gasteiger partial charge in [0.15, 0.2) is 23.3 Å². The Kier molecular flexibility index (Phi) is 5.01. The number of thioether (sulfide) groups is 1. The summed E-state index contributed by atoms with van der Waals surface area (Å²) >= 11 is 1.32. The summed E-state index contributed by atoms with van der Waals surface area (Å²) in [6.07, 6.45) is -2.57. The number of nitrogens with one attached hydrogen (secondary N) is 1. The Morgan fingerprint density at radius 1 is 1.28 bits per heavy atom. The van der Waals surface area contributed by atoms with Gasteiger partial charge in [-0.15, -0.1) is 0 Å². The third kappa shape index (κ3) is 4.39. The second kappa shape index (κ2) is 7.36. The maximum atomic E-state index is 14.3. The van der Waals surface area contributed by atoms with Gasteiger partial charge < -0.3 is 10.1 Å². The van der Waals surface area contributed by atoms with Crippen LogP contribution in [0.5, 0.6) is 5.75 Å². The zero-order valence-corrected chi connectivity index (χ0v) is 15.7. The molecule has 11 heteroatoms. The summed E-state index contributed by atoms with van der Waals surface area (Å²) < 4.78 is 56.9. The number of rotatable bonds is 6. The van der Waals surface area contributed by atoms with E-state index in [2.05, 4.69) is 15.0 Å². The van der Waals surface area contributed by atoms with Gasteiger partial charge in [-0.2, -0.15) is 13.2 Å². The molecule has 1 aromatic heterocycles. The van der Waals surface area contributed by atoms with Crippen molar-refractivity contribution in [1.29, 1.82) is 0 Å². The molecule has 0 bridgehead atoms. The predicted octanol–water partition coefficient (Wildman–Crippen LogP) is 3.31. The van der Waals surface area contributed by atoms with E-state index < -0.39 is 29.9 Å². The highest BCUT2D eigenvalue weighted by Gasteiger charge is 2.30. The topological polar surface area (TPSA) is 73.2 Å². The molecule has 2 aliphatic rings. The Hall–Kier alpha value is -2.56. The lowest BCUT2D eigenvalue weighted by molar-refractivity contribution is -0.153. The number of hydrogen-bond donors (Lipinski definition) is 1. The van der Waals surface area contributed by atoms with Crippen molar-refractivity contribution in [3.05, 3.63) is 39.9 Å². The van der Waals surface area contributed by atoms with Gasteiger partial charge in [0.1, 0.15) is 5.82 Å². The van der Waals surface area contributed by atoms with Crippen LogP contribution in [0, 0.1) is 11.7 Å². The second-order valence-electron chi connectivity index (χ2n) is 6.86. The summed E-state index contributed by atoms with van der Waals surface area (Å²) in [7, 11) is 0. The molecule has 1 fully saturated rings. The zero-order valence-electron chi connectivity index (χ0n) is 14.9. The number of benzene rings is 1. The van der Waals surface area contributed by atoms with Crippen LogP contribution in [0.1, 0.15) is 18.4 Å². The molecular weight excluding hydrogens is 414 g/mol. The van der Waals surface area contributed by atoms with Crippen LogP contribution in [0.25, 0.3) is 5.69 Å². The molecule has 0 spiro atoms. The van der Waals surface area contributed by atoms with Gasteiger partial charge >= 0.3 is 6.18 Å². The van der Waals surface area contributed by atoms with E-state index in [0.717, 1.165) is 25.0 Å². The third-order valence-corrected chi connectivity index (χ3v) is 5.62. The number of nitrogens with zero attached hydrogens (tertiary/aromatic N) is 2. The van der Waals surface area contributed by atoms with E-state index in [1.165, 1.54) is 22.4 Å². The molecule has 0 saturated heterocycles. The zero-order chi connectivity index (χ0) is 20.8. The monoisotopic (exact) mass is 429 g/mol. The summed E-state index contributed by atoms with van der Waals surface area (Å²) in [6, 6.07) is 3.25. The van der Waals surface area contributed by atoms with Crippen molar-refractivity contribution in [3.63, 3.8) is 0 Å². The highest BCUT2D eigenvalue weighted by molar-refractivity contribution is 7.99. The van der Waals surface area contributed by atoms with Crippen molar-refractivity contribution in [3.8, 4) is 11.4 Å². The van der Waals surface area contributed by atoms with Gasteiger partial charge in [-0.25, -0.2) is 9.37 Å². The molecule has 29 heavy (non-hydrogen) atoms. The van der Waals surface area contributed by atoms with Crippen molar-refractivity contribution in [2.75, 3.05) is 17.7 Å². The fraction of sp³-hybridized carbons (Fsp3) is 0.389. The molecule has 2 aromatic rings. The number of aromatic nitrogens is 2. The minimum atomic E-state index is -4.60. The maximum absolute atomic E-state index is 14.3. The van der Waals surface area contributed by atoms with Crippen LogP contribution in [0.3, 0.4) is 0 Å². The summed E-state index contributed by atoms with van der Waals surface area (Å²) in [5.41, 5.74) is -0.251. The van der Waals surface area contributed by atoms with Gasteiger partial charge in [0.2, 0.25) is 5.91 Å². The fourth-order valence-corrected chi connectivity index (χ4v) is 4.03. The average Bonchev–Trinajstić information content (AvgIpc) is 3.38. The molecule has 0 unspecified atom stereocenters. The Morgan fingerprint density at radius 2 is 2.03 bits per heavy atom. The quantitative estimate of drug-likeness (QED) is 0.433. The van der Waals surface area contributed by atoms with Gasteiger partial charge in [0.05, 0.1) is 17.7 Å². The molecule has 1 amide bonds. The van der Waals surface area contributed by atoms with Crippen molar-refractivity contribution in [2.45, 2.75) is 30.6 Å². The molecule has 1 aliphatic carbocycles. The van der Waals surface area contributed by atoms with Crippen LogP contribution < -0.4 is 15.6 Å². The number of carbonyl (C=O) groups excluding carboxylic acids is 1. The van der Waals surface area contributed by atoms with Gasteiger partial charge in [-0.1, -0.05) is 11.8 Å². The molecule has 2 heterocycles. The summed E-state index contributed by atoms with van der Waals surface area (Å²) in [4.78, 5) is 29.0. The SMILES string of the molecule is O=C1Cc2c(nc(SCC3CC3)n(-c3ccc(OCC(F)(F)F)c(F)c3)c2=O)N1. The fourth-order valence-electron chi connectivity index (χ4n) is 2.84. The molecule has 154 valence electrons. The lowest BCUT2D eigenvalue weighted by Gasteiger charge is -2.15. The Labute approximate surface area is 166 Å². The van der Waals surface area contributed by atoms with Crippen molar-refractivity contribution >= 4 is 23.5 Å². The smallest absolute Gasteiger partial charge is 0.422 e. The van der Waals surface area contributed by atoms with E-state index in [1.54, 1.807) is 0 Å². The normalized spacial score (nSPS) is 15.9. The minimum absolute atomic E-state index is 0.0970. The van der Waals surface area contributed by atoms with E-state index in [9.17, 15) is 27.2 Å². The molecule has 0 atom stereocenters. The van der Waals surface area contributed by atoms with Gasteiger partial charge in [0.25, 0.3) is 5.56 Å². The summed E-state index contributed by atoms with van der Waals surface area (Å²) in [6.45, 7) is -1.63. The first-order chi connectivity index (χ1) is 13.7. The maximum Gasteiger partial charge on any atom is 0.422 e. The number of anilines is 1. The van der Waals surface area contributed by atoms with E-state index >= 15 is 0 Å². The van der Waals surface area contributed by atoms with E-state index in [4.69, 9.17) is 0 Å². The molecule has 1 aliphatic heterocycles. The lowest BCUT2D eigenvalue weighted by atomic mass is 10.2. The van der Waals surface area contributed by atoms with Crippen LogP contribution in [-0.4, -0.2) is 34.0 Å². The lowest BCUT2D eigenvalue weighted by Crippen LogP contribution is -2.25. The number of halogens is 4. The predicted molar refractivity (Wildman–Crippen MR) is 97.1 cm³/mol. The Morgan fingerprint density at radius 3 is 2.69 bits per heavy atom. The number of hydrogen-bond acceptors (Lipinski definition) is 5. The van der Waals surface area contributed by atoms with E-state index in [1.807, 2.05) is 0 Å². The summed E-state index contributed by atoms with van der Waals surface area (Å²) in [5, 5.41) is 2.82. The number of fused-ring (bicyclic) bond motifs is 1. The first kappa shape index (κ1) is 19.7. The summed E-state index contributed by atoms with van der Waals surface area (Å²) in [5.74, 6) is -0.538. The largest absolute Gasteiger partial charge is 0.481 e. The Bertz CT molecular complexity index is 1030. The van der Waals surface area contributed by atoms with E-state index in [0.29, 0.717) is 11.7 Å². The van der Waals surface area contributed by atoms with Crippen LogP contribution in [0.2, 0.25) is 0 Å². The van der Waals surface area contributed by atoms with Crippen molar-refractivity contribution < 1.29 is 27.1 Å². The van der Waals surface area contributed by atoms with Gasteiger partial charge in [-0.05, 0) is 30.9 Å². The van der Waals surface area contributed by atoms with Gasteiger partial charge in [0, 0.05) is 11.8 Å². The molecule has 6 nitrogen and oxygen atoms in total. The minimum Gasteiger partial charge on any atom is -0.481 e. The second-order valence-corrected chi connectivity index (χ2v) is 7.85. The first-order valence-corrected chi connectivity index (χ1v) is 9.78. The molecule has 1 aromatic carbocycles. The molecule has 1 saturated carbocycles. The highest BCUT2D eigenvalue weighted by Crippen LogP contribution is 2.36. The van der Waals surface area contributed by atoms with Crippen molar-refractivity contribution in [1.82, 2.24) is 9.55 Å². The average molecular weight is 429 g/mol. The van der Waals surface area contributed by atoms with Crippen LogP contribution in [0.4, 0.5) is 23.4 Å². The van der Waals surface area contributed by atoms with Crippen LogP contribution in [-0.2, 0) is 11.2 Å². The Balaban J connectivity index is 1.71. The number of alkyl halides is 3.